The van der Waals surface area contributed by atoms with Crippen molar-refractivity contribution in [1.29, 1.82) is 0 Å². The van der Waals surface area contributed by atoms with E-state index in [2.05, 4.69) is 16.8 Å². The van der Waals surface area contributed by atoms with Crippen LogP contribution in [0.15, 0.2) is 5.51 Å². The van der Waals surface area contributed by atoms with Gasteiger partial charge in [0.15, 0.2) is 0 Å². The van der Waals surface area contributed by atoms with Crippen molar-refractivity contribution in [2.75, 3.05) is 6.54 Å². The molecular weight excluding hydrogens is 208 g/mol. The van der Waals surface area contributed by atoms with Crippen LogP contribution >= 0.6 is 11.3 Å². The van der Waals surface area contributed by atoms with Gasteiger partial charge in [-0.05, 0) is 13.8 Å². The molecule has 1 aliphatic heterocycles. The van der Waals surface area contributed by atoms with Crippen LogP contribution in [0.25, 0.3) is 0 Å². The topological polar surface area (TPSA) is 33.2 Å². The molecule has 0 spiro atoms. The smallest absolute Gasteiger partial charge is 0.135 e. The molecule has 2 rings (SSSR count). The molecule has 82 valence electrons. The molecule has 0 radical (unpaired) electrons. The number of piperidine rings is 1. The minimum Gasteiger partial charge on any atom is -0.300 e. The molecule has 1 fully saturated rings. The number of rotatable bonds is 2. The summed E-state index contributed by atoms with van der Waals surface area (Å²) in [7, 11) is 0. The van der Waals surface area contributed by atoms with Gasteiger partial charge in [-0.1, -0.05) is 0 Å². The zero-order valence-corrected chi connectivity index (χ0v) is 10.0. The summed E-state index contributed by atoms with van der Waals surface area (Å²) >= 11 is 1.71. The predicted molar refractivity (Wildman–Crippen MR) is 61.0 cm³/mol. The molecule has 0 saturated carbocycles. The first-order valence-corrected chi connectivity index (χ1v) is 6.19. The largest absolute Gasteiger partial charge is 0.300 e. The maximum absolute atomic E-state index is 11.3. The van der Waals surface area contributed by atoms with Crippen molar-refractivity contribution in [3.8, 4) is 0 Å². The third kappa shape index (κ3) is 2.44. The lowest BCUT2D eigenvalue weighted by molar-refractivity contribution is -0.123. The third-order valence-electron chi connectivity index (χ3n) is 3.02. The van der Waals surface area contributed by atoms with Gasteiger partial charge in [-0.25, -0.2) is 4.98 Å². The summed E-state index contributed by atoms with van der Waals surface area (Å²) < 4.78 is 0. The second kappa shape index (κ2) is 4.41. The van der Waals surface area contributed by atoms with Crippen LogP contribution in [0.2, 0.25) is 0 Å². The van der Waals surface area contributed by atoms with Crippen LogP contribution in [-0.4, -0.2) is 28.3 Å². The molecule has 0 amide bonds. The number of ketones is 1. The molecule has 0 aromatic carbocycles. The van der Waals surface area contributed by atoms with E-state index in [4.69, 9.17) is 0 Å². The Bertz CT molecular complexity index is 361. The van der Waals surface area contributed by atoms with E-state index in [1.54, 1.807) is 11.3 Å². The van der Waals surface area contributed by atoms with Crippen molar-refractivity contribution >= 4 is 17.1 Å². The highest BCUT2D eigenvalue weighted by molar-refractivity contribution is 7.09. The fourth-order valence-electron chi connectivity index (χ4n) is 1.95. The summed E-state index contributed by atoms with van der Waals surface area (Å²) in [5, 5.41) is 0. The van der Waals surface area contributed by atoms with E-state index < -0.39 is 0 Å². The zero-order valence-electron chi connectivity index (χ0n) is 9.19. The fourth-order valence-corrected chi connectivity index (χ4v) is 2.75. The average molecular weight is 224 g/mol. The van der Waals surface area contributed by atoms with Crippen LogP contribution in [-0.2, 0) is 11.3 Å². The van der Waals surface area contributed by atoms with Crippen LogP contribution in [0, 0.1) is 6.92 Å². The number of hydrogen-bond donors (Lipinski definition) is 0. The Morgan fingerprint density at radius 3 is 3.07 bits per heavy atom. The number of aromatic nitrogens is 1. The molecule has 4 heteroatoms. The molecule has 1 atom stereocenters. The molecule has 3 nitrogen and oxygen atoms in total. The van der Waals surface area contributed by atoms with E-state index in [9.17, 15) is 4.79 Å². The molecule has 1 aliphatic rings. The van der Waals surface area contributed by atoms with Crippen molar-refractivity contribution in [2.45, 2.75) is 39.3 Å². The van der Waals surface area contributed by atoms with E-state index in [0.717, 1.165) is 18.8 Å². The molecule has 15 heavy (non-hydrogen) atoms. The van der Waals surface area contributed by atoms with Gasteiger partial charge in [0.2, 0.25) is 0 Å². The lowest BCUT2D eigenvalue weighted by Crippen LogP contribution is -2.40. The maximum Gasteiger partial charge on any atom is 0.135 e. The van der Waals surface area contributed by atoms with Gasteiger partial charge in [0.05, 0.1) is 11.2 Å². The highest BCUT2D eigenvalue weighted by atomic mass is 32.1. The number of carbonyl (C=O) groups excluding carboxylic acids is 1. The molecule has 0 aliphatic carbocycles. The third-order valence-corrected chi connectivity index (χ3v) is 3.94. The second-order valence-corrected chi connectivity index (χ2v) is 5.11. The molecule has 0 N–H and O–H groups in total. The summed E-state index contributed by atoms with van der Waals surface area (Å²) in [5.41, 5.74) is 3.02. The Morgan fingerprint density at radius 2 is 2.47 bits per heavy atom. The Balaban J connectivity index is 2.00. The fraction of sp³-hybridized carbons (Fsp3) is 0.636. The number of nitrogens with zero attached hydrogens (tertiary/aromatic N) is 2. The van der Waals surface area contributed by atoms with Gasteiger partial charge in [0.25, 0.3) is 0 Å². The van der Waals surface area contributed by atoms with Gasteiger partial charge in [0, 0.05) is 36.9 Å². The first-order valence-electron chi connectivity index (χ1n) is 5.31. The molecule has 1 saturated heterocycles. The number of likely N-dealkylation sites (tertiary alicyclic amines) is 1. The van der Waals surface area contributed by atoms with Gasteiger partial charge < -0.3 is 0 Å². The van der Waals surface area contributed by atoms with Crippen LogP contribution in [0.1, 0.15) is 30.3 Å². The highest BCUT2D eigenvalue weighted by Crippen LogP contribution is 2.20. The Hall–Kier alpha value is -0.740. The highest BCUT2D eigenvalue weighted by Gasteiger charge is 2.23. The number of Topliss-reactive ketones (excluding diaryl/α,β-unsaturated/α-hetero) is 1. The van der Waals surface area contributed by atoms with Crippen molar-refractivity contribution in [2.24, 2.45) is 0 Å². The zero-order chi connectivity index (χ0) is 10.8. The van der Waals surface area contributed by atoms with E-state index in [0.29, 0.717) is 24.7 Å². The summed E-state index contributed by atoms with van der Waals surface area (Å²) in [5.74, 6) is 0.403. The van der Waals surface area contributed by atoms with Crippen molar-refractivity contribution in [3.63, 3.8) is 0 Å². The Morgan fingerprint density at radius 1 is 1.67 bits per heavy atom. The monoisotopic (exact) mass is 224 g/mol. The van der Waals surface area contributed by atoms with E-state index in [-0.39, 0.29) is 0 Å². The van der Waals surface area contributed by atoms with Gasteiger partial charge in [-0.2, -0.15) is 0 Å². The number of hydrogen-bond acceptors (Lipinski definition) is 4. The van der Waals surface area contributed by atoms with Gasteiger partial charge >= 0.3 is 0 Å². The van der Waals surface area contributed by atoms with E-state index in [1.807, 2.05) is 12.4 Å². The second-order valence-electron chi connectivity index (χ2n) is 4.17. The predicted octanol–water partition coefficient (Wildman–Crippen LogP) is 2.00. The van der Waals surface area contributed by atoms with Crippen LogP contribution in [0.5, 0.6) is 0 Å². The van der Waals surface area contributed by atoms with E-state index in [1.165, 1.54) is 4.88 Å². The first-order chi connectivity index (χ1) is 7.16. The van der Waals surface area contributed by atoms with Gasteiger partial charge in [0.1, 0.15) is 5.78 Å². The minimum atomic E-state index is 0.382. The van der Waals surface area contributed by atoms with Crippen molar-refractivity contribution in [3.05, 3.63) is 16.1 Å². The quantitative estimate of drug-likeness (QED) is 0.770. The van der Waals surface area contributed by atoms with E-state index >= 15 is 0 Å². The summed E-state index contributed by atoms with van der Waals surface area (Å²) in [6, 6.07) is 0.382. The molecule has 2 heterocycles. The standard InChI is InChI=1S/C11H16N2OS/c1-8-5-10(14)3-4-13(8)6-11-9(2)12-7-15-11/h7-8H,3-6H2,1-2H3. The Kier molecular flexibility index (Phi) is 3.17. The molecule has 1 aromatic rings. The lowest BCUT2D eigenvalue weighted by atomic mass is 10.0. The number of carbonyl (C=O) groups is 1. The number of thiazole rings is 1. The minimum absolute atomic E-state index is 0.382. The van der Waals surface area contributed by atoms with Crippen LogP contribution < -0.4 is 0 Å². The summed E-state index contributed by atoms with van der Waals surface area (Å²) in [6.45, 7) is 6.03. The average Bonchev–Trinajstić information content (AvgIpc) is 2.57. The van der Waals surface area contributed by atoms with Crippen molar-refractivity contribution in [1.82, 2.24) is 9.88 Å². The molecule has 1 unspecified atom stereocenters. The molecule has 0 bridgehead atoms. The first kappa shape index (κ1) is 10.8. The Labute approximate surface area is 94.1 Å². The maximum atomic E-state index is 11.3. The summed E-state index contributed by atoms with van der Waals surface area (Å²) in [4.78, 5) is 19.2. The van der Waals surface area contributed by atoms with Gasteiger partial charge in [-0.3, -0.25) is 9.69 Å². The summed E-state index contributed by atoms with van der Waals surface area (Å²) in [6.07, 6.45) is 1.42. The normalized spacial score (nSPS) is 23.3. The lowest BCUT2D eigenvalue weighted by Gasteiger charge is -2.32. The van der Waals surface area contributed by atoms with Crippen LogP contribution in [0.3, 0.4) is 0 Å². The van der Waals surface area contributed by atoms with Crippen molar-refractivity contribution < 1.29 is 4.79 Å². The molecule has 1 aromatic heterocycles. The number of aryl methyl sites for hydroxylation is 1. The SMILES string of the molecule is Cc1ncsc1CN1CCC(=O)CC1C. The van der Waals surface area contributed by atoms with Crippen LogP contribution in [0.4, 0.5) is 0 Å². The molecular formula is C11H16N2OS. The van der Waals surface area contributed by atoms with Gasteiger partial charge in [-0.15, -0.1) is 11.3 Å².